The Morgan fingerprint density at radius 2 is 1.71 bits per heavy atom. The van der Waals surface area contributed by atoms with Crippen LogP contribution in [0.1, 0.15) is 45.2 Å². The van der Waals surface area contributed by atoms with Gasteiger partial charge in [-0.05, 0) is 49.1 Å². The van der Waals surface area contributed by atoms with Crippen LogP contribution in [0.2, 0.25) is 0 Å². The molecule has 1 N–H and O–H groups in total. The van der Waals surface area contributed by atoms with Gasteiger partial charge in [-0.3, -0.25) is 0 Å². The molecule has 0 aromatic heterocycles. The van der Waals surface area contributed by atoms with Gasteiger partial charge in [0, 0.05) is 15.0 Å². The average Bonchev–Trinajstić information content (AvgIpc) is 2.22. The van der Waals surface area contributed by atoms with Gasteiger partial charge in [-0.15, -0.1) is 0 Å². The van der Waals surface area contributed by atoms with Crippen LogP contribution in [0.3, 0.4) is 0 Å². The summed E-state index contributed by atoms with van der Waals surface area (Å²) >= 11 is 7.12. The second-order valence-corrected chi connectivity index (χ2v) is 6.67. The van der Waals surface area contributed by atoms with Gasteiger partial charge >= 0.3 is 0 Å². The zero-order valence-electron chi connectivity index (χ0n) is 10.8. The molecule has 0 aliphatic heterocycles. The Hall–Kier alpha value is 0.140. The molecule has 0 radical (unpaired) electrons. The van der Waals surface area contributed by atoms with Crippen molar-refractivity contribution in [3.8, 4) is 0 Å². The van der Waals surface area contributed by atoms with Gasteiger partial charge in [0.05, 0.1) is 0 Å². The lowest BCUT2D eigenvalue weighted by Crippen LogP contribution is -2.23. The Bertz CT molecular complexity index is 330. The third-order valence-electron chi connectivity index (χ3n) is 2.64. The first-order chi connectivity index (χ1) is 8.02. The van der Waals surface area contributed by atoms with E-state index in [1.165, 1.54) is 18.4 Å². The Morgan fingerprint density at radius 3 is 2.18 bits per heavy atom. The zero-order chi connectivity index (χ0) is 12.8. The fourth-order valence-electron chi connectivity index (χ4n) is 1.90. The fourth-order valence-corrected chi connectivity index (χ4v) is 3.23. The molecule has 0 spiro atoms. The summed E-state index contributed by atoms with van der Waals surface area (Å²) in [6.07, 6.45) is 2.34. The standard InChI is InChI=1S/C14H21Br2N/c1-4-5-17-14(6-10(2)3)11-7-12(15)9-13(16)8-11/h7-10,14,17H,4-6H2,1-3H3. The summed E-state index contributed by atoms with van der Waals surface area (Å²) < 4.78 is 2.27. The predicted octanol–water partition coefficient (Wildman–Crippen LogP) is 5.30. The van der Waals surface area contributed by atoms with Crippen LogP contribution in [0.4, 0.5) is 0 Å². The van der Waals surface area contributed by atoms with Gasteiger partial charge < -0.3 is 5.32 Å². The first-order valence-corrected chi connectivity index (χ1v) is 7.81. The number of hydrogen-bond donors (Lipinski definition) is 1. The molecule has 3 heteroatoms. The van der Waals surface area contributed by atoms with Crippen molar-refractivity contribution in [3.63, 3.8) is 0 Å². The molecular formula is C14H21Br2N. The maximum atomic E-state index is 3.63. The van der Waals surface area contributed by atoms with Crippen LogP contribution in [0.5, 0.6) is 0 Å². The largest absolute Gasteiger partial charge is 0.310 e. The second kappa shape index (κ2) is 7.55. The van der Waals surface area contributed by atoms with Crippen molar-refractivity contribution in [2.45, 2.75) is 39.7 Å². The van der Waals surface area contributed by atoms with Crippen LogP contribution in [-0.4, -0.2) is 6.54 Å². The summed E-state index contributed by atoms with van der Waals surface area (Å²) in [4.78, 5) is 0. The summed E-state index contributed by atoms with van der Waals surface area (Å²) in [6.45, 7) is 7.82. The summed E-state index contributed by atoms with van der Waals surface area (Å²) in [5, 5.41) is 3.63. The lowest BCUT2D eigenvalue weighted by molar-refractivity contribution is 0.430. The first kappa shape index (κ1) is 15.2. The van der Waals surface area contributed by atoms with Gasteiger partial charge in [-0.1, -0.05) is 52.6 Å². The zero-order valence-corrected chi connectivity index (χ0v) is 13.9. The van der Waals surface area contributed by atoms with Crippen LogP contribution in [0.15, 0.2) is 27.1 Å². The van der Waals surface area contributed by atoms with Crippen LogP contribution in [0.25, 0.3) is 0 Å². The van der Waals surface area contributed by atoms with E-state index in [4.69, 9.17) is 0 Å². The maximum Gasteiger partial charge on any atom is 0.0323 e. The number of benzene rings is 1. The highest BCUT2D eigenvalue weighted by atomic mass is 79.9. The van der Waals surface area contributed by atoms with E-state index in [1.807, 2.05) is 0 Å². The van der Waals surface area contributed by atoms with Crippen LogP contribution in [-0.2, 0) is 0 Å². The molecule has 1 aromatic rings. The quantitative estimate of drug-likeness (QED) is 0.724. The van der Waals surface area contributed by atoms with Gasteiger partial charge in [0.1, 0.15) is 0 Å². The van der Waals surface area contributed by atoms with Crippen molar-refractivity contribution in [2.75, 3.05) is 6.54 Å². The van der Waals surface area contributed by atoms with E-state index in [0.717, 1.165) is 15.5 Å². The summed E-state index contributed by atoms with van der Waals surface area (Å²) in [5.41, 5.74) is 1.36. The Labute approximate surface area is 122 Å². The summed E-state index contributed by atoms with van der Waals surface area (Å²) in [5.74, 6) is 0.696. The molecule has 0 amide bonds. The molecule has 0 saturated carbocycles. The van der Waals surface area contributed by atoms with E-state index in [2.05, 4.69) is 76.1 Å². The molecule has 0 saturated heterocycles. The molecule has 0 aliphatic rings. The van der Waals surface area contributed by atoms with Gasteiger partial charge in [0.15, 0.2) is 0 Å². The van der Waals surface area contributed by atoms with Gasteiger partial charge in [0.2, 0.25) is 0 Å². The number of rotatable bonds is 6. The highest BCUT2D eigenvalue weighted by Crippen LogP contribution is 2.27. The van der Waals surface area contributed by atoms with Crippen molar-refractivity contribution in [1.29, 1.82) is 0 Å². The minimum Gasteiger partial charge on any atom is -0.310 e. The topological polar surface area (TPSA) is 12.0 Å². The molecule has 0 fully saturated rings. The number of hydrogen-bond acceptors (Lipinski definition) is 1. The molecule has 1 rings (SSSR count). The smallest absolute Gasteiger partial charge is 0.0323 e. The van der Waals surface area contributed by atoms with Gasteiger partial charge in [-0.25, -0.2) is 0 Å². The summed E-state index contributed by atoms with van der Waals surface area (Å²) in [6, 6.07) is 6.94. The van der Waals surface area contributed by atoms with E-state index in [1.54, 1.807) is 0 Å². The molecule has 1 atom stereocenters. The number of nitrogens with one attached hydrogen (secondary N) is 1. The Morgan fingerprint density at radius 1 is 1.12 bits per heavy atom. The third kappa shape index (κ3) is 5.54. The van der Waals surface area contributed by atoms with E-state index in [-0.39, 0.29) is 0 Å². The van der Waals surface area contributed by atoms with Crippen molar-refractivity contribution >= 4 is 31.9 Å². The van der Waals surface area contributed by atoms with Gasteiger partial charge in [0.25, 0.3) is 0 Å². The molecular weight excluding hydrogens is 342 g/mol. The van der Waals surface area contributed by atoms with Crippen molar-refractivity contribution in [1.82, 2.24) is 5.32 Å². The molecule has 0 aliphatic carbocycles. The van der Waals surface area contributed by atoms with Crippen molar-refractivity contribution in [3.05, 3.63) is 32.7 Å². The van der Waals surface area contributed by atoms with E-state index >= 15 is 0 Å². The minimum atomic E-state index is 0.448. The SMILES string of the molecule is CCCNC(CC(C)C)c1cc(Br)cc(Br)c1. The van der Waals surface area contributed by atoms with Crippen molar-refractivity contribution in [2.24, 2.45) is 5.92 Å². The van der Waals surface area contributed by atoms with Crippen LogP contribution < -0.4 is 5.32 Å². The first-order valence-electron chi connectivity index (χ1n) is 6.22. The van der Waals surface area contributed by atoms with E-state index < -0.39 is 0 Å². The average molecular weight is 363 g/mol. The molecule has 1 unspecified atom stereocenters. The van der Waals surface area contributed by atoms with Crippen LogP contribution >= 0.6 is 31.9 Å². The monoisotopic (exact) mass is 361 g/mol. The van der Waals surface area contributed by atoms with Crippen molar-refractivity contribution < 1.29 is 0 Å². The predicted molar refractivity (Wildman–Crippen MR) is 82.3 cm³/mol. The minimum absolute atomic E-state index is 0.448. The second-order valence-electron chi connectivity index (χ2n) is 4.84. The molecule has 1 aromatic carbocycles. The lowest BCUT2D eigenvalue weighted by Gasteiger charge is -2.21. The number of halogens is 2. The van der Waals surface area contributed by atoms with Gasteiger partial charge in [-0.2, -0.15) is 0 Å². The normalized spacial score (nSPS) is 13.1. The molecule has 96 valence electrons. The van der Waals surface area contributed by atoms with E-state index in [9.17, 15) is 0 Å². The lowest BCUT2D eigenvalue weighted by atomic mass is 9.97. The highest BCUT2D eigenvalue weighted by molar-refractivity contribution is 9.11. The molecule has 17 heavy (non-hydrogen) atoms. The highest BCUT2D eigenvalue weighted by Gasteiger charge is 2.13. The molecule has 1 nitrogen and oxygen atoms in total. The molecule has 0 bridgehead atoms. The summed E-state index contributed by atoms with van der Waals surface area (Å²) in [7, 11) is 0. The Kier molecular flexibility index (Phi) is 6.75. The maximum absolute atomic E-state index is 3.63. The van der Waals surface area contributed by atoms with E-state index in [0.29, 0.717) is 12.0 Å². The fraction of sp³-hybridized carbons (Fsp3) is 0.571. The third-order valence-corrected chi connectivity index (χ3v) is 3.55. The Balaban J connectivity index is 2.86. The molecule has 0 heterocycles. The van der Waals surface area contributed by atoms with Crippen LogP contribution in [0, 0.1) is 5.92 Å².